The molecule has 0 rings (SSSR count). The average molecular weight is 320 g/mol. The van der Waals surface area contributed by atoms with Crippen LogP contribution < -0.4 is 5.32 Å². The average Bonchev–Trinajstić information content (AvgIpc) is 2.28. The maximum Gasteiger partial charge on any atom is 0.444 e. The van der Waals surface area contributed by atoms with E-state index < -0.39 is 23.4 Å². The Morgan fingerprint density at radius 1 is 0.955 bits per heavy atom. The van der Waals surface area contributed by atoms with Gasteiger partial charge in [-0.1, -0.05) is 5.06 Å². The molecule has 0 radical (unpaired) electrons. The Hall–Kier alpha value is -1.38. The van der Waals surface area contributed by atoms with Crippen LogP contribution >= 0.6 is 0 Å². The Kier molecular flexibility index (Phi) is 8.36. The molecule has 1 N–H and O–H groups in total. The minimum absolute atomic E-state index is 0.0676. The van der Waals surface area contributed by atoms with Crippen molar-refractivity contribution in [1.82, 2.24) is 10.4 Å². The molecular weight excluding hydrogens is 292 g/mol. The number of amides is 2. The minimum Gasteiger partial charge on any atom is -0.442 e. The highest BCUT2D eigenvalue weighted by atomic mass is 16.8. The number of methoxy groups -OCH3 is 1. The number of hydroxylamine groups is 2. The fourth-order valence-corrected chi connectivity index (χ4v) is 1.14. The van der Waals surface area contributed by atoms with Gasteiger partial charge in [0.25, 0.3) is 0 Å². The molecule has 130 valence electrons. The van der Waals surface area contributed by atoms with Crippen molar-refractivity contribution in [1.29, 1.82) is 0 Å². The number of hydrogen-bond acceptors (Lipinski definition) is 7. The number of carbonyl (C=O) groups excluding carboxylic acids is 2. The SMILES string of the molecule is COCCNCON(C(=O)OC(C)(C)C)C(=O)OC(C)(C)C. The summed E-state index contributed by atoms with van der Waals surface area (Å²) in [6.07, 6.45) is -1.87. The van der Waals surface area contributed by atoms with Crippen LogP contribution in [0.4, 0.5) is 9.59 Å². The van der Waals surface area contributed by atoms with Gasteiger partial charge in [-0.3, -0.25) is 5.32 Å². The van der Waals surface area contributed by atoms with E-state index >= 15 is 0 Å². The zero-order valence-electron chi connectivity index (χ0n) is 14.5. The smallest absolute Gasteiger partial charge is 0.442 e. The lowest BCUT2D eigenvalue weighted by Gasteiger charge is -2.27. The molecule has 0 fully saturated rings. The summed E-state index contributed by atoms with van der Waals surface area (Å²) < 4.78 is 15.1. The monoisotopic (exact) mass is 320 g/mol. The van der Waals surface area contributed by atoms with Crippen LogP contribution in [-0.2, 0) is 19.0 Å². The molecule has 0 aromatic carbocycles. The molecule has 0 heterocycles. The van der Waals surface area contributed by atoms with Crippen LogP contribution in [-0.4, -0.2) is 55.4 Å². The van der Waals surface area contributed by atoms with Crippen LogP contribution in [0.3, 0.4) is 0 Å². The number of imide groups is 1. The fourth-order valence-electron chi connectivity index (χ4n) is 1.14. The van der Waals surface area contributed by atoms with E-state index in [1.807, 2.05) is 0 Å². The first-order chi connectivity index (χ1) is 9.96. The molecule has 0 aromatic rings. The van der Waals surface area contributed by atoms with Gasteiger partial charge in [0.15, 0.2) is 0 Å². The molecule has 0 bridgehead atoms. The standard InChI is InChI=1S/C14H28N2O6/c1-13(2,3)21-11(17)16(12(18)22-14(4,5)6)20-10-15-8-9-19-7/h15H,8-10H2,1-7H3. The van der Waals surface area contributed by atoms with E-state index in [2.05, 4.69) is 5.32 Å². The lowest BCUT2D eigenvalue weighted by atomic mass is 10.2. The quantitative estimate of drug-likeness (QED) is 0.456. The van der Waals surface area contributed by atoms with Gasteiger partial charge in [0.05, 0.1) is 6.61 Å². The summed E-state index contributed by atoms with van der Waals surface area (Å²) >= 11 is 0. The normalized spacial score (nSPS) is 12.0. The van der Waals surface area contributed by atoms with Gasteiger partial charge >= 0.3 is 12.2 Å². The predicted molar refractivity (Wildman–Crippen MR) is 80.1 cm³/mol. The number of ether oxygens (including phenoxy) is 3. The third-order valence-corrected chi connectivity index (χ3v) is 1.90. The highest BCUT2D eigenvalue weighted by Gasteiger charge is 2.32. The van der Waals surface area contributed by atoms with E-state index in [-0.39, 0.29) is 6.73 Å². The Morgan fingerprint density at radius 3 is 1.77 bits per heavy atom. The van der Waals surface area contributed by atoms with Gasteiger partial charge in [-0.2, -0.15) is 0 Å². The first kappa shape index (κ1) is 20.6. The summed E-state index contributed by atoms with van der Waals surface area (Å²) in [5, 5.41) is 3.32. The Labute approximate surface area is 132 Å². The van der Waals surface area contributed by atoms with E-state index in [9.17, 15) is 9.59 Å². The third kappa shape index (κ3) is 10.4. The van der Waals surface area contributed by atoms with Crippen molar-refractivity contribution in [2.45, 2.75) is 52.7 Å². The first-order valence-corrected chi connectivity index (χ1v) is 7.05. The molecule has 0 aliphatic heterocycles. The Morgan fingerprint density at radius 2 is 1.41 bits per heavy atom. The second-order valence-corrected chi connectivity index (χ2v) is 6.52. The van der Waals surface area contributed by atoms with Crippen LogP contribution in [0.25, 0.3) is 0 Å². The summed E-state index contributed by atoms with van der Waals surface area (Å²) in [5.41, 5.74) is -1.52. The maximum atomic E-state index is 12.0. The van der Waals surface area contributed by atoms with Crippen molar-refractivity contribution in [2.75, 3.05) is 27.0 Å². The van der Waals surface area contributed by atoms with Crippen LogP contribution in [0, 0.1) is 0 Å². The summed E-state index contributed by atoms with van der Waals surface area (Å²) in [7, 11) is 1.57. The van der Waals surface area contributed by atoms with Crippen LogP contribution in [0.2, 0.25) is 0 Å². The summed E-state index contributed by atoms with van der Waals surface area (Å²) in [6, 6.07) is 0. The van der Waals surface area contributed by atoms with Gasteiger partial charge < -0.3 is 14.2 Å². The van der Waals surface area contributed by atoms with Crippen molar-refractivity contribution < 1.29 is 28.6 Å². The molecule has 8 nitrogen and oxygen atoms in total. The summed E-state index contributed by atoms with van der Waals surface area (Å²) in [4.78, 5) is 29.2. The van der Waals surface area contributed by atoms with E-state index in [0.29, 0.717) is 18.2 Å². The van der Waals surface area contributed by atoms with E-state index in [4.69, 9.17) is 19.0 Å². The van der Waals surface area contributed by atoms with E-state index in [0.717, 1.165) is 0 Å². The predicted octanol–water partition coefficient (Wildman–Crippen LogP) is 2.28. The zero-order valence-corrected chi connectivity index (χ0v) is 14.5. The second kappa shape index (κ2) is 8.92. The molecule has 22 heavy (non-hydrogen) atoms. The molecule has 0 aromatic heterocycles. The number of hydrogen-bond donors (Lipinski definition) is 1. The maximum absolute atomic E-state index is 12.0. The lowest BCUT2D eigenvalue weighted by molar-refractivity contribution is -0.143. The van der Waals surface area contributed by atoms with Crippen molar-refractivity contribution >= 4 is 12.2 Å². The lowest BCUT2D eigenvalue weighted by Crippen LogP contribution is -2.45. The topological polar surface area (TPSA) is 86.3 Å². The van der Waals surface area contributed by atoms with Crippen LogP contribution in [0.15, 0.2) is 0 Å². The molecule has 0 saturated heterocycles. The Balaban J connectivity index is 4.69. The highest BCUT2D eigenvalue weighted by molar-refractivity contribution is 5.86. The van der Waals surface area contributed by atoms with Gasteiger partial charge in [-0.25, -0.2) is 14.4 Å². The Bertz CT molecular complexity index is 331. The molecule has 0 spiro atoms. The summed E-state index contributed by atoms with van der Waals surface area (Å²) in [6.45, 7) is 11.1. The minimum atomic E-state index is -0.935. The molecule has 8 heteroatoms. The van der Waals surface area contributed by atoms with Crippen molar-refractivity contribution in [3.63, 3.8) is 0 Å². The molecular formula is C14H28N2O6. The van der Waals surface area contributed by atoms with Gasteiger partial charge in [-0.05, 0) is 41.5 Å². The van der Waals surface area contributed by atoms with Crippen LogP contribution in [0.1, 0.15) is 41.5 Å². The van der Waals surface area contributed by atoms with Gasteiger partial charge in [-0.15, -0.1) is 0 Å². The molecule has 0 unspecified atom stereocenters. The number of carbonyl (C=O) groups is 2. The van der Waals surface area contributed by atoms with E-state index in [1.54, 1.807) is 48.7 Å². The zero-order chi connectivity index (χ0) is 17.4. The number of nitrogens with one attached hydrogen (secondary N) is 1. The van der Waals surface area contributed by atoms with Crippen LogP contribution in [0.5, 0.6) is 0 Å². The number of nitrogens with zero attached hydrogens (tertiary/aromatic N) is 1. The molecule has 0 aliphatic rings. The second-order valence-electron chi connectivity index (χ2n) is 6.52. The molecule has 0 atom stereocenters. The van der Waals surface area contributed by atoms with E-state index in [1.165, 1.54) is 0 Å². The third-order valence-electron chi connectivity index (χ3n) is 1.90. The highest BCUT2D eigenvalue weighted by Crippen LogP contribution is 2.14. The van der Waals surface area contributed by atoms with Gasteiger partial charge in [0.2, 0.25) is 0 Å². The molecule has 0 saturated carbocycles. The molecule has 0 aliphatic carbocycles. The van der Waals surface area contributed by atoms with Gasteiger partial charge in [0, 0.05) is 13.7 Å². The first-order valence-electron chi connectivity index (χ1n) is 7.05. The van der Waals surface area contributed by atoms with Crippen molar-refractivity contribution in [3.8, 4) is 0 Å². The van der Waals surface area contributed by atoms with Crippen molar-refractivity contribution in [3.05, 3.63) is 0 Å². The fraction of sp³-hybridized carbons (Fsp3) is 0.857. The largest absolute Gasteiger partial charge is 0.444 e. The van der Waals surface area contributed by atoms with Gasteiger partial charge in [0.1, 0.15) is 17.9 Å². The van der Waals surface area contributed by atoms with Crippen molar-refractivity contribution in [2.24, 2.45) is 0 Å². The number of rotatable bonds is 6. The molecule has 2 amide bonds. The summed E-state index contributed by atoms with van der Waals surface area (Å²) in [5.74, 6) is 0.